The van der Waals surface area contributed by atoms with E-state index in [0.717, 1.165) is 37.7 Å². The average molecular weight is 346 g/mol. The first-order chi connectivity index (χ1) is 11.6. The second kappa shape index (κ2) is 7.59. The number of nitrogens with one attached hydrogen (secondary N) is 1. The molecule has 0 bridgehead atoms. The highest BCUT2D eigenvalue weighted by Gasteiger charge is 2.26. The van der Waals surface area contributed by atoms with Gasteiger partial charge in [0.05, 0.1) is 12.2 Å². The normalized spacial score (nSPS) is 16.7. The molecule has 0 radical (unpaired) electrons. The van der Waals surface area contributed by atoms with Crippen molar-refractivity contribution in [2.45, 2.75) is 13.0 Å². The molecule has 1 amide bonds. The van der Waals surface area contributed by atoms with Crippen molar-refractivity contribution in [2.24, 2.45) is 0 Å². The molecule has 1 aromatic heterocycles. The van der Waals surface area contributed by atoms with Crippen molar-refractivity contribution in [3.63, 3.8) is 0 Å². The average Bonchev–Trinajstić information content (AvgIpc) is 2.64. The van der Waals surface area contributed by atoms with Gasteiger partial charge in [-0.1, -0.05) is 11.6 Å². The largest absolute Gasteiger partial charge is 0.353 e. The van der Waals surface area contributed by atoms with E-state index in [2.05, 4.69) is 25.1 Å². The summed E-state index contributed by atoms with van der Waals surface area (Å²) in [5.74, 6) is 0.876. The van der Waals surface area contributed by atoms with Crippen molar-refractivity contribution in [1.82, 2.24) is 14.9 Å². The van der Waals surface area contributed by atoms with Gasteiger partial charge < -0.3 is 10.2 Å². The third kappa shape index (κ3) is 4.01. The zero-order chi connectivity index (χ0) is 16.9. The van der Waals surface area contributed by atoms with E-state index in [1.54, 1.807) is 42.9 Å². The van der Waals surface area contributed by atoms with E-state index in [1.807, 2.05) is 6.92 Å². The number of hydrogen-bond acceptors (Lipinski definition) is 5. The Kier molecular flexibility index (Phi) is 5.27. The van der Waals surface area contributed by atoms with Gasteiger partial charge in [0.1, 0.15) is 5.82 Å². The third-order valence-corrected chi connectivity index (χ3v) is 4.48. The Morgan fingerprint density at radius 2 is 1.88 bits per heavy atom. The lowest BCUT2D eigenvalue weighted by Crippen LogP contribution is -2.53. The van der Waals surface area contributed by atoms with Crippen LogP contribution in [0, 0.1) is 0 Å². The van der Waals surface area contributed by atoms with Crippen LogP contribution in [-0.4, -0.2) is 53.0 Å². The van der Waals surface area contributed by atoms with E-state index in [4.69, 9.17) is 11.6 Å². The molecule has 0 saturated carbocycles. The minimum atomic E-state index is -0.190. The van der Waals surface area contributed by atoms with Gasteiger partial charge in [0.2, 0.25) is 5.91 Å². The minimum Gasteiger partial charge on any atom is -0.353 e. The second-order valence-corrected chi connectivity index (χ2v) is 6.20. The number of piperazine rings is 1. The quantitative estimate of drug-likeness (QED) is 0.921. The summed E-state index contributed by atoms with van der Waals surface area (Å²) >= 11 is 5.86. The van der Waals surface area contributed by atoms with Crippen LogP contribution in [0.3, 0.4) is 0 Å². The maximum atomic E-state index is 12.4. The van der Waals surface area contributed by atoms with E-state index in [1.165, 1.54) is 0 Å². The topological polar surface area (TPSA) is 61.4 Å². The van der Waals surface area contributed by atoms with Gasteiger partial charge in [-0.2, -0.15) is 0 Å². The number of carbonyl (C=O) groups is 1. The number of rotatable bonds is 4. The fourth-order valence-corrected chi connectivity index (χ4v) is 2.86. The van der Waals surface area contributed by atoms with E-state index >= 15 is 0 Å². The van der Waals surface area contributed by atoms with Gasteiger partial charge >= 0.3 is 0 Å². The maximum absolute atomic E-state index is 12.4. The first kappa shape index (κ1) is 16.7. The molecule has 24 heavy (non-hydrogen) atoms. The zero-order valence-electron chi connectivity index (χ0n) is 13.5. The highest BCUT2D eigenvalue weighted by atomic mass is 35.5. The van der Waals surface area contributed by atoms with Gasteiger partial charge in [-0.3, -0.25) is 14.7 Å². The highest BCUT2D eigenvalue weighted by molar-refractivity contribution is 6.30. The molecule has 6 nitrogen and oxygen atoms in total. The van der Waals surface area contributed by atoms with E-state index in [0.29, 0.717) is 5.02 Å². The number of anilines is 2. The Morgan fingerprint density at radius 1 is 1.17 bits per heavy atom. The summed E-state index contributed by atoms with van der Waals surface area (Å²) in [6.45, 7) is 5.22. The van der Waals surface area contributed by atoms with Crippen molar-refractivity contribution in [3.05, 3.63) is 47.9 Å². The van der Waals surface area contributed by atoms with E-state index < -0.39 is 0 Å². The molecule has 1 aromatic carbocycles. The first-order valence-electron chi connectivity index (χ1n) is 7.95. The number of aromatic nitrogens is 2. The van der Waals surface area contributed by atoms with E-state index in [9.17, 15) is 4.79 Å². The van der Waals surface area contributed by atoms with Crippen molar-refractivity contribution in [1.29, 1.82) is 0 Å². The molecule has 2 aromatic rings. The van der Waals surface area contributed by atoms with Crippen molar-refractivity contribution in [3.8, 4) is 0 Å². The molecule has 126 valence electrons. The SMILES string of the molecule is CC(C(=O)Nc1ccc(Cl)cc1)N1CCN(c2cnccn2)CC1. The fraction of sp³-hybridized carbons (Fsp3) is 0.353. The van der Waals surface area contributed by atoms with Crippen LogP contribution in [0.15, 0.2) is 42.9 Å². The van der Waals surface area contributed by atoms with Crippen LogP contribution < -0.4 is 10.2 Å². The van der Waals surface area contributed by atoms with Crippen molar-refractivity contribution in [2.75, 3.05) is 36.4 Å². The number of amides is 1. The summed E-state index contributed by atoms with van der Waals surface area (Å²) in [6, 6.07) is 6.95. The Labute approximate surface area is 146 Å². The maximum Gasteiger partial charge on any atom is 0.241 e. The molecular weight excluding hydrogens is 326 g/mol. The number of hydrogen-bond donors (Lipinski definition) is 1. The minimum absolute atomic E-state index is 0.00900. The van der Waals surface area contributed by atoms with Gasteiger partial charge in [-0.25, -0.2) is 4.98 Å². The Bertz CT molecular complexity index is 671. The van der Waals surface area contributed by atoms with Crippen LogP contribution >= 0.6 is 11.6 Å². The van der Waals surface area contributed by atoms with Crippen LogP contribution in [0.5, 0.6) is 0 Å². The van der Waals surface area contributed by atoms with Gasteiger partial charge in [0.15, 0.2) is 0 Å². The predicted octanol–water partition coefficient (Wildman–Crippen LogP) is 2.28. The lowest BCUT2D eigenvalue weighted by Gasteiger charge is -2.37. The summed E-state index contributed by atoms with van der Waals surface area (Å²) in [5.41, 5.74) is 0.759. The summed E-state index contributed by atoms with van der Waals surface area (Å²) in [7, 11) is 0. The number of halogens is 1. The Balaban J connectivity index is 1.53. The van der Waals surface area contributed by atoms with Crippen LogP contribution in [0.2, 0.25) is 5.02 Å². The molecule has 1 aliphatic rings. The molecule has 1 saturated heterocycles. The van der Waals surface area contributed by atoms with Crippen molar-refractivity contribution >= 4 is 29.0 Å². The molecule has 3 rings (SSSR count). The van der Waals surface area contributed by atoms with Gasteiger partial charge in [0.25, 0.3) is 0 Å². The number of carbonyl (C=O) groups excluding carboxylic acids is 1. The van der Waals surface area contributed by atoms with Crippen LogP contribution in [0.1, 0.15) is 6.92 Å². The first-order valence-corrected chi connectivity index (χ1v) is 8.33. The van der Waals surface area contributed by atoms with Gasteiger partial charge in [-0.05, 0) is 31.2 Å². The van der Waals surface area contributed by atoms with E-state index in [-0.39, 0.29) is 11.9 Å². The molecule has 1 unspecified atom stereocenters. The third-order valence-electron chi connectivity index (χ3n) is 4.23. The molecule has 2 heterocycles. The van der Waals surface area contributed by atoms with Crippen LogP contribution in [0.25, 0.3) is 0 Å². The zero-order valence-corrected chi connectivity index (χ0v) is 14.3. The summed E-state index contributed by atoms with van der Waals surface area (Å²) < 4.78 is 0. The molecule has 0 spiro atoms. The molecule has 1 fully saturated rings. The summed E-state index contributed by atoms with van der Waals surface area (Å²) in [5, 5.41) is 3.59. The number of nitrogens with zero attached hydrogens (tertiary/aromatic N) is 4. The lowest BCUT2D eigenvalue weighted by molar-refractivity contribution is -0.120. The molecule has 1 aliphatic heterocycles. The van der Waals surface area contributed by atoms with Gasteiger partial charge in [0, 0.05) is 49.3 Å². The predicted molar refractivity (Wildman–Crippen MR) is 95.4 cm³/mol. The Morgan fingerprint density at radius 3 is 2.50 bits per heavy atom. The lowest BCUT2D eigenvalue weighted by atomic mass is 10.2. The van der Waals surface area contributed by atoms with Crippen molar-refractivity contribution < 1.29 is 4.79 Å². The molecule has 0 aliphatic carbocycles. The summed E-state index contributed by atoms with van der Waals surface area (Å²) in [6.07, 6.45) is 5.14. The molecular formula is C17H20ClN5O. The summed E-state index contributed by atoms with van der Waals surface area (Å²) in [4.78, 5) is 25.2. The highest BCUT2D eigenvalue weighted by Crippen LogP contribution is 2.16. The smallest absolute Gasteiger partial charge is 0.241 e. The molecule has 1 atom stereocenters. The second-order valence-electron chi connectivity index (χ2n) is 5.76. The molecule has 1 N–H and O–H groups in total. The van der Waals surface area contributed by atoms with Crippen LogP contribution in [-0.2, 0) is 4.79 Å². The number of benzene rings is 1. The Hall–Kier alpha value is -2.18. The monoisotopic (exact) mass is 345 g/mol. The fourth-order valence-electron chi connectivity index (χ4n) is 2.74. The standard InChI is InChI=1S/C17H20ClN5O/c1-13(17(24)21-15-4-2-14(18)3-5-15)22-8-10-23(11-9-22)16-12-19-6-7-20-16/h2-7,12-13H,8-11H2,1H3,(H,21,24). The van der Waals surface area contributed by atoms with Gasteiger partial charge in [-0.15, -0.1) is 0 Å². The molecule has 7 heteroatoms. The van der Waals surface area contributed by atoms with Crippen LogP contribution in [0.4, 0.5) is 11.5 Å².